The molecule has 0 saturated carbocycles. The molecule has 0 aromatic heterocycles. The highest BCUT2D eigenvalue weighted by Crippen LogP contribution is 2.50. The number of benzene rings is 5. The van der Waals surface area contributed by atoms with Crippen molar-refractivity contribution < 1.29 is 23.8 Å². The number of amides is 4. The summed E-state index contributed by atoms with van der Waals surface area (Å²) >= 11 is 0. The topological polar surface area (TPSA) is 116 Å². The predicted octanol–water partition coefficient (Wildman–Crippen LogP) is 20.3. The molecule has 0 N–H and O–H groups in total. The van der Waals surface area contributed by atoms with Gasteiger partial charge in [0.05, 0.1) is 19.7 Å². The van der Waals surface area contributed by atoms with Gasteiger partial charge in [-0.15, -0.1) is 0 Å². The third-order valence-corrected chi connectivity index (χ3v) is 21.5. The fraction of sp³-hybridized carbons (Fsp3) is 0.366. The zero-order valence-electron chi connectivity index (χ0n) is 64.3. The average Bonchev–Trinajstić information content (AvgIpc) is 1.61. The second kappa shape index (κ2) is 35.4. The van der Waals surface area contributed by atoms with E-state index in [1.54, 1.807) is 13.8 Å². The molecule has 4 aliphatic heterocycles. The number of fused-ring (bicyclic) bond motifs is 2. The van der Waals surface area contributed by atoms with E-state index in [1.807, 2.05) is 72.8 Å². The van der Waals surface area contributed by atoms with Crippen molar-refractivity contribution in [3.8, 4) is 6.07 Å². The van der Waals surface area contributed by atoms with Gasteiger partial charge in [0.2, 0.25) is 0 Å². The van der Waals surface area contributed by atoms with Crippen LogP contribution in [0.2, 0.25) is 0 Å². The number of carbonyl (C=O) groups is 4. The van der Waals surface area contributed by atoms with E-state index in [2.05, 4.69) is 215 Å². The molecule has 0 saturated heterocycles. The van der Waals surface area contributed by atoms with Crippen LogP contribution in [0.4, 0.5) is 17.1 Å². The lowest BCUT2D eigenvalue weighted by atomic mass is 9.83. The summed E-state index contributed by atoms with van der Waals surface area (Å²) in [6.45, 7) is 39.2. The quantitative estimate of drug-likeness (QED) is 0.0147. The lowest BCUT2D eigenvalue weighted by Crippen LogP contribution is -2.42. The minimum Gasteiger partial charge on any atom is -0.372 e. The molecule has 0 spiro atoms. The van der Waals surface area contributed by atoms with Crippen molar-refractivity contribution in [3.63, 3.8) is 0 Å². The fourth-order valence-corrected chi connectivity index (χ4v) is 15.0. The molecular formula is C93H107N8O4+. The van der Waals surface area contributed by atoms with Gasteiger partial charge < -0.3 is 14.7 Å². The molecular weight excluding hydrogens is 1290 g/mol. The standard InChI is InChI=1S/C93H107N8O4/c1-14-20-57-96(58-21-15-2)74-49-45-72(46-50-74)78(70-41-37-68(38-42-70)64-100-88(102)76(66(7)80(63-94)90(100)104)53-55-85-92(9,10)81-33-26-28-35-83(81)98(85)61-24-18-5)31-30-32-79(73-47-51-75(52-48-73)97(59-22-16-3)60-23-17-4)71-43-39-69(40-44-71)65-101-89(103)77(67(8)87(95-13)91(101)105)54-56-86-93(11,12)82-34-27-29-36-84(82)99(86)62-25-19-6/h26-56H,14-25,57-62,64-65H2,1-12H3/q+1. The van der Waals surface area contributed by atoms with Crippen molar-refractivity contribution >= 4 is 57.5 Å². The number of hydrogen-bond acceptors (Lipinski definition) is 8. The summed E-state index contributed by atoms with van der Waals surface area (Å²) in [5, 5.41) is 10.5. The molecule has 5 aromatic carbocycles. The van der Waals surface area contributed by atoms with Crippen LogP contribution in [0.15, 0.2) is 239 Å². The molecule has 0 fully saturated rings. The van der Waals surface area contributed by atoms with E-state index in [1.165, 1.54) is 32.3 Å². The Morgan fingerprint density at radius 1 is 0.524 bits per heavy atom. The summed E-state index contributed by atoms with van der Waals surface area (Å²) in [5.41, 5.74) is 17.1. The Morgan fingerprint density at radius 2 is 0.971 bits per heavy atom. The maximum absolute atomic E-state index is 14.8. The summed E-state index contributed by atoms with van der Waals surface area (Å²) < 4.78 is 2.49. The van der Waals surface area contributed by atoms with Crippen molar-refractivity contribution in [1.29, 1.82) is 5.26 Å². The van der Waals surface area contributed by atoms with Crippen LogP contribution < -0.4 is 14.7 Å². The number of hydrogen-bond donors (Lipinski definition) is 0. The van der Waals surface area contributed by atoms with Gasteiger partial charge in [0.1, 0.15) is 24.7 Å². The first-order valence-corrected chi connectivity index (χ1v) is 38.5. The second-order valence-corrected chi connectivity index (χ2v) is 29.4. The smallest absolute Gasteiger partial charge is 0.271 e. The molecule has 10 rings (SSSR count). The molecule has 0 unspecified atom stereocenters. The molecule has 105 heavy (non-hydrogen) atoms. The van der Waals surface area contributed by atoms with Gasteiger partial charge in [-0.05, 0) is 167 Å². The summed E-state index contributed by atoms with van der Waals surface area (Å²) in [7, 11) is 0. The van der Waals surface area contributed by atoms with Crippen LogP contribution in [0, 0.1) is 17.9 Å². The van der Waals surface area contributed by atoms with Crippen LogP contribution in [0.1, 0.15) is 199 Å². The van der Waals surface area contributed by atoms with Crippen LogP contribution in [-0.4, -0.2) is 83.0 Å². The van der Waals surface area contributed by atoms with Crippen LogP contribution in [0.3, 0.4) is 0 Å². The van der Waals surface area contributed by atoms with Gasteiger partial charge in [0.15, 0.2) is 5.71 Å². The number of rotatable bonds is 30. The summed E-state index contributed by atoms with van der Waals surface area (Å²) in [5.74, 6) is -2.09. The maximum Gasteiger partial charge on any atom is 0.271 e. The van der Waals surface area contributed by atoms with Crippen molar-refractivity contribution in [2.24, 2.45) is 0 Å². The molecule has 4 amide bonds. The van der Waals surface area contributed by atoms with Gasteiger partial charge in [0.25, 0.3) is 29.3 Å². The zero-order chi connectivity index (χ0) is 75.0. The maximum atomic E-state index is 14.8. The molecule has 0 radical (unpaired) electrons. The highest BCUT2D eigenvalue weighted by Gasteiger charge is 2.43. The fourth-order valence-electron chi connectivity index (χ4n) is 15.0. The number of allylic oxidation sites excluding steroid dienone is 15. The number of para-hydroxylation sites is 2. The normalized spacial score (nSPS) is 17.9. The average molecular weight is 1400 g/mol. The van der Waals surface area contributed by atoms with Crippen molar-refractivity contribution in [2.45, 2.75) is 184 Å². The van der Waals surface area contributed by atoms with Gasteiger partial charge in [0, 0.05) is 102 Å². The van der Waals surface area contributed by atoms with Gasteiger partial charge in [-0.2, -0.15) is 5.26 Å². The number of nitriles is 1. The number of imide groups is 2. The number of carbonyl (C=O) groups excluding carboxylic acids is 4. The molecule has 12 heteroatoms. The first-order valence-electron chi connectivity index (χ1n) is 38.5. The Bertz CT molecular complexity index is 4540. The predicted molar refractivity (Wildman–Crippen MR) is 432 cm³/mol. The van der Waals surface area contributed by atoms with Crippen LogP contribution in [-0.2, 0) is 43.1 Å². The Kier molecular flexibility index (Phi) is 26.0. The van der Waals surface area contributed by atoms with E-state index in [9.17, 15) is 24.4 Å². The zero-order valence-corrected chi connectivity index (χ0v) is 64.3. The van der Waals surface area contributed by atoms with E-state index < -0.39 is 23.6 Å². The van der Waals surface area contributed by atoms with Crippen LogP contribution in [0.25, 0.3) is 16.0 Å². The summed E-state index contributed by atoms with van der Waals surface area (Å²) in [6.07, 6.45) is 35.8. The Hall–Kier alpha value is -10.4. The van der Waals surface area contributed by atoms with E-state index in [0.29, 0.717) is 22.3 Å². The highest BCUT2D eigenvalue weighted by atomic mass is 16.2. The molecule has 12 nitrogen and oxygen atoms in total. The minimum absolute atomic E-state index is 0.0207. The molecule has 4 heterocycles. The lowest BCUT2D eigenvalue weighted by molar-refractivity contribution is -0.527. The number of nitrogens with zero attached hydrogens (tertiary/aromatic N) is 8. The van der Waals surface area contributed by atoms with Gasteiger partial charge in [-0.25, -0.2) is 9.42 Å². The molecule has 5 aliphatic rings. The van der Waals surface area contributed by atoms with Crippen molar-refractivity contribution in [2.75, 3.05) is 54.0 Å². The molecule has 0 bridgehead atoms. The molecule has 542 valence electrons. The molecule has 1 aliphatic carbocycles. The molecule has 0 atom stereocenters. The van der Waals surface area contributed by atoms with Crippen molar-refractivity contribution in [3.05, 3.63) is 289 Å². The monoisotopic (exact) mass is 1400 g/mol. The second-order valence-electron chi connectivity index (χ2n) is 29.4. The lowest BCUT2D eigenvalue weighted by Gasteiger charge is -2.29. The number of unbranched alkanes of at least 4 members (excludes halogenated alkanes) is 6. The first-order chi connectivity index (χ1) is 50.8. The molecule has 5 aromatic rings. The Labute approximate surface area is 626 Å². The highest BCUT2D eigenvalue weighted by molar-refractivity contribution is 6.19. The van der Waals surface area contributed by atoms with Gasteiger partial charge in [-0.3, -0.25) is 29.0 Å². The van der Waals surface area contributed by atoms with Gasteiger partial charge >= 0.3 is 0 Å². The Morgan fingerprint density at radius 3 is 1.44 bits per heavy atom. The van der Waals surface area contributed by atoms with E-state index in [0.717, 1.165) is 184 Å². The van der Waals surface area contributed by atoms with Gasteiger partial charge in [-0.1, -0.05) is 223 Å². The van der Waals surface area contributed by atoms with Crippen LogP contribution in [0.5, 0.6) is 0 Å². The SMILES string of the molecule is [C-]#[N+]C1=C(C)C(=CC=C2N(CCCC)c3ccccc3C2(C)C)C(=O)N(Cc2ccc(/C(=C\C=C\C(=C3C=CC(=[N+](CCCC)CCCC)C=C3)c3ccc(CN4C(=O)C(=CC=C5N(CCCC)c6ccccc6C5(C)C)C(C)=C(C#N)C4=O)cc3)c3ccc(N(CCCC)CCCC)cc3)cc2)C1=O. The number of anilines is 3. The van der Waals surface area contributed by atoms with Crippen LogP contribution >= 0.6 is 0 Å². The van der Waals surface area contributed by atoms with E-state index >= 15 is 0 Å². The van der Waals surface area contributed by atoms with E-state index in [-0.39, 0.29) is 35.2 Å². The van der Waals surface area contributed by atoms with E-state index in [4.69, 9.17) is 6.57 Å². The third-order valence-electron chi connectivity index (χ3n) is 21.5. The largest absolute Gasteiger partial charge is 0.372 e. The Balaban J connectivity index is 1.00. The minimum atomic E-state index is -0.610. The summed E-state index contributed by atoms with van der Waals surface area (Å²) in [4.78, 5) is 71.4. The summed E-state index contributed by atoms with van der Waals surface area (Å²) in [6, 6.07) is 44.0. The van der Waals surface area contributed by atoms with Crippen molar-refractivity contribution in [1.82, 2.24) is 9.80 Å². The first kappa shape index (κ1) is 77.2. The third kappa shape index (κ3) is 16.9.